The van der Waals surface area contributed by atoms with Gasteiger partial charge in [-0.25, -0.2) is 9.50 Å². The Kier molecular flexibility index (Phi) is 1.95. The van der Waals surface area contributed by atoms with Crippen molar-refractivity contribution in [1.82, 2.24) is 14.6 Å². The third-order valence-corrected chi connectivity index (χ3v) is 1.73. The highest BCUT2D eigenvalue weighted by atomic mass is 19.4. The lowest BCUT2D eigenvalue weighted by Gasteiger charge is -1.99. The normalized spacial score (nSPS) is 11.9. The first-order chi connectivity index (χ1) is 6.98. The maximum Gasteiger partial charge on any atom is 0.456 e. The molecule has 0 aliphatic rings. The summed E-state index contributed by atoms with van der Waals surface area (Å²) >= 11 is 0. The van der Waals surface area contributed by atoms with Crippen molar-refractivity contribution in [2.75, 3.05) is 0 Å². The molecule has 2 aromatic rings. The zero-order valence-corrected chi connectivity index (χ0v) is 7.19. The third kappa shape index (κ3) is 1.67. The molecule has 0 unspecified atom stereocenters. The highest BCUT2D eigenvalue weighted by molar-refractivity contribution is 5.99. The topological polar surface area (TPSA) is 47.3 Å². The van der Waals surface area contributed by atoms with Crippen LogP contribution in [0.2, 0.25) is 0 Å². The minimum atomic E-state index is -4.90. The van der Waals surface area contributed by atoms with Gasteiger partial charge in [0.05, 0.1) is 0 Å². The molecule has 2 heterocycles. The lowest BCUT2D eigenvalue weighted by Crippen LogP contribution is -2.23. The van der Waals surface area contributed by atoms with Gasteiger partial charge in [0.2, 0.25) is 0 Å². The van der Waals surface area contributed by atoms with E-state index in [2.05, 4.69) is 10.1 Å². The minimum absolute atomic E-state index is 0.199. The van der Waals surface area contributed by atoms with Crippen LogP contribution in [-0.2, 0) is 0 Å². The number of hydrogen-bond donors (Lipinski definition) is 0. The van der Waals surface area contributed by atoms with Crippen LogP contribution in [0.15, 0.2) is 24.5 Å². The molecule has 0 saturated heterocycles. The number of hydrogen-bond acceptors (Lipinski definition) is 3. The molecule has 0 aliphatic carbocycles. The second-order valence-corrected chi connectivity index (χ2v) is 2.78. The van der Waals surface area contributed by atoms with E-state index in [9.17, 15) is 18.0 Å². The molecule has 0 fully saturated rings. The smallest absolute Gasteiger partial charge is 0.282 e. The quantitative estimate of drug-likeness (QED) is 0.677. The van der Waals surface area contributed by atoms with Crippen LogP contribution in [0.3, 0.4) is 0 Å². The van der Waals surface area contributed by atoms with Gasteiger partial charge in [-0.05, 0) is 6.07 Å². The maximum absolute atomic E-state index is 12.0. The number of rotatable bonds is 1. The number of Topliss-reactive ketones (excluding diaryl/α,β-unsaturated/α-hetero) is 1. The highest BCUT2D eigenvalue weighted by Gasteiger charge is 2.40. The molecule has 0 bridgehead atoms. The molecule has 0 aliphatic heterocycles. The summed E-state index contributed by atoms with van der Waals surface area (Å²) in [4.78, 5) is 14.6. The molecule has 2 rings (SSSR count). The van der Waals surface area contributed by atoms with E-state index in [1.54, 1.807) is 0 Å². The first-order valence-corrected chi connectivity index (χ1v) is 3.90. The minimum Gasteiger partial charge on any atom is -0.282 e. The fourth-order valence-corrected chi connectivity index (χ4v) is 1.09. The van der Waals surface area contributed by atoms with E-state index in [0.29, 0.717) is 0 Å². The molecular formula is C8H4F3N3O. The summed E-state index contributed by atoms with van der Waals surface area (Å²) in [5, 5.41) is 3.46. The van der Waals surface area contributed by atoms with E-state index in [1.807, 2.05) is 0 Å². The van der Waals surface area contributed by atoms with Gasteiger partial charge in [0.25, 0.3) is 5.78 Å². The molecule has 4 nitrogen and oxygen atoms in total. The van der Waals surface area contributed by atoms with Crippen molar-refractivity contribution in [2.45, 2.75) is 6.18 Å². The predicted molar refractivity (Wildman–Crippen MR) is 43.4 cm³/mol. The summed E-state index contributed by atoms with van der Waals surface area (Å²) in [6, 6.07) is 2.50. The number of fused-ring (bicyclic) bond motifs is 1. The van der Waals surface area contributed by atoms with Crippen molar-refractivity contribution in [2.24, 2.45) is 0 Å². The summed E-state index contributed by atoms with van der Waals surface area (Å²) in [5.74, 6) is -1.96. The lowest BCUT2D eigenvalue weighted by atomic mass is 10.3. The van der Waals surface area contributed by atoms with Crippen LogP contribution in [0.1, 0.15) is 10.5 Å². The van der Waals surface area contributed by atoms with Crippen LogP contribution in [0, 0.1) is 0 Å². The van der Waals surface area contributed by atoms with Gasteiger partial charge in [-0.15, -0.1) is 0 Å². The molecule has 2 aromatic heterocycles. The molecule has 7 heteroatoms. The van der Waals surface area contributed by atoms with Crippen LogP contribution in [0.25, 0.3) is 5.65 Å². The number of halogens is 3. The van der Waals surface area contributed by atoms with E-state index < -0.39 is 17.7 Å². The highest BCUT2D eigenvalue weighted by Crippen LogP contribution is 2.20. The van der Waals surface area contributed by atoms with Gasteiger partial charge in [-0.3, -0.25) is 4.79 Å². The molecule has 0 amide bonds. The van der Waals surface area contributed by atoms with Gasteiger partial charge in [-0.2, -0.15) is 18.3 Å². The van der Waals surface area contributed by atoms with Gasteiger partial charge in [-0.1, -0.05) is 0 Å². The number of alkyl halides is 3. The molecule has 0 atom stereocenters. The number of nitrogens with zero attached hydrogens (tertiary/aromatic N) is 3. The molecule has 0 saturated carbocycles. The second kappa shape index (κ2) is 3.04. The van der Waals surface area contributed by atoms with Crippen molar-refractivity contribution in [3.05, 3.63) is 30.2 Å². The van der Waals surface area contributed by atoms with Crippen LogP contribution in [-0.4, -0.2) is 26.6 Å². The molecule has 78 valence electrons. The Morgan fingerprint density at radius 1 is 1.40 bits per heavy atom. The summed E-state index contributed by atoms with van der Waals surface area (Å²) in [7, 11) is 0. The van der Waals surface area contributed by atoms with E-state index in [4.69, 9.17) is 0 Å². The van der Waals surface area contributed by atoms with Gasteiger partial charge >= 0.3 is 6.18 Å². The molecular weight excluding hydrogens is 211 g/mol. The standard InChI is InChI=1S/C8H4F3N3O/c9-8(10,11)7(15)5-4-6-12-2-1-3-14(6)13-5/h1-4H. The van der Waals surface area contributed by atoms with E-state index in [0.717, 1.165) is 10.6 Å². The number of ketones is 1. The fraction of sp³-hybridized carbons (Fsp3) is 0.125. The fourth-order valence-electron chi connectivity index (χ4n) is 1.09. The SMILES string of the molecule is O=C(c1cc2ncccn2n1)C(F)(F)F. The molecule has 0 N–H and O–H groups in total. The third-order valence-electron chi connectivity index (χ3n) is 1.73. The van der Waals surface area contributed by atoms with Gasteiger partial charge < -0.3 is 0 Å². The summed E-state index contributed by atoms with van der Waals surface area (Å²) in [5.41, 5.74) is -0.452. The second-order valence-electron chi connectivity index (χ2n) is 2.78. The van der Waals surface area contributed by atoms with Crippen LogP contribution in [0.4, 0.5) is 13.2 Å². The maximum atomic E-state index is 12.0. The Bertz CT molecular complexity index is 484. The van der Waals surface area contributed by atoms with Crippen molar-refractivity contribution in [3.8, 4) is 0 Å². The Labute approximate surface area is 81.3 Å². The molecule has 0 aromatic carbocycles. The Morgan fingerprint density at radius 2 is 2.13 bits per heavy atom. The zero-order valence-electron chi connectivity index (χ0n) is 7.19. The average Bonchev–Trinajstić information content (AvgIpc) is 2.58. The summed E-state index contributed by atoms with van der Waals surface area (Å²) < 4.78 is 37.2. The Hall–Kier alpha value is -1.92. The first-order valence-electron chi connectivity index (χ1n) is 3.90. The van der Waals surface area contributed by atoms with Crippen LogP contribution < -0.4 is 0 Å². The molecule has 0 spiro atoms. The van der Waals surface area contributed by atoms with Crippen LogP contribution in [0.5, 0.6) is 0 Å². The Morgan fingerprint density at radius 3 is 2.73 bits per heavy atom. The number of carbonyl (C=O) groups is 1. The van der Waals surface area contributed by atoms with Crippen molar-refractivity contribution >= 4 is 11.4 Å². The molecule has 0 radical (unpaired) electrons. The van der Waals surface area contributed by atoms with Crippen molar-refractivity contribution < 1.29 is 18.0 Å². The largest absolute Gasteiger partial charge is 0.456 e. The number of carbonyl (C=O) groups excluding carboxylic acids is 1. The van der Waals surface area contributed by atoms with Crippen molar-refractivity contribution in [3.63, 3.8) is 0 Å². The summed E-state index contributed by atoms with van der Waals surface area (Å²) in [6.45, 7) is 0. The van der Waals surface area contributed by atoms with Gasteiger partial charge in [0, 0.05) is 18.5 Å². The van der Waals surface area contributed by atoms with Crippen molar-refractivity contribution in [1.29, 1.82) is 0 Å². The summed E-state index contributed by atoms with van der Waals surface area (Å²) in [6.07, 6.45) is -2.09. The zero-order chi connectivity index (χ0) is 11.1. The monoisotopic (exact) mass is 215 g/mol. The van der Waals surface area contributed by atoms with E-state index in [-0.39, 0.29) is 5.65 Å². The van der Waals surface area contributed by atoms with Gasteiger partial charge in [0.15, 0.2) is 5.65 Å². The van der Waals surface area contributed by atoms with E-state index >= 15 is 0 Å². The predicted octanol–water partition coefficient (Wildman–Crippen LogP) is 1.47. The molecule has 15 heavy (non-hydrogen) atoms. The average molecular weight is 215 g/mol. The van der Waals surface area contributed by atoms with Crippen LogP contribution >= 0.6 is 0 Å². The number of aromatic nitrogens is 3. The lowest BCUT2D eigenvalue weighted by molar-refractivity contribution is -0.0888. The Balaban J connectivity index is 2.50. The van der Waals surface area contributed by atoms with Gasteiger partial charge in [0.1, 0.15) is 5.69 Å². The van der Waals surface area contributed by atoms with E-state index in [1.165, 1.54) is 18.5 Å². The first kappa shape index (κ1) is 9.63.